The molecule has 0 N–H and O–H groups in total. The van der Waals surface area contributed by atoms with Crippen LogP contribution in [0.4, 0.5) is 0 Å². The molecule has 1 nitrogen and oxygen atoms in total. The number of carbonyl (C=O) groups is 1. The molecular weight excluding hydrogens is 227 g/mol. The Balaban J connectivity index is 3.27. The summed E-state index contributed by atoms with van der Waals surface area (Å²) in [7, 11) is 0. The van der Waals surface area contributed by atoms with Crippen molar-refractivity contribution >= 4 is 26.4 Å². The van der Waals surface area contributed by atoms with E-state index >= 15 is 0 Å². The molecule has 0 saturated heterocycles. The van der Waals surface area contributed by atoms with Crippen molar-refractivity contribution in [3.63, 3.8) is 0 Å². The van der Waals surface area contributed by atoms with Crippen molar-refractivity contribution in [3.05, 3.63) is 0 Å². The normalized spacial score (nSPS) is 13.2. The SMILES string of the molecule is CCCC[C@H](C)C(=O)I. The van der Waals surface area contributed by atoms with E-state index in [1.165, 1.54) is 12.8 Å². The van der Waals surface area contributed by atoms with Crippen molar-refractivity contribution in [2.75, 3.05) is 0 Å². The zero-order chi connectivity index (χ0) is 7.28. The lowest BCUT2D eigenvalue weighted by molar-refractivity contribution is -0.112. The lowest BCUT2D eigenvalue weighted by Crippen LogP contribution is -2.01. The molecule has 0 fully saturated rings. The second-order valence-electron chi connectivity index (χ2n) is 2.35. The van der Waals surface area contributed by atoms with Gasteiger partial charge in [0.1, 0.15) is 0 Å². The van der Waals surface area contributed by atoms with Crippen LogP contribution in [0.5, 0.6) is 0 Å². The fraction of sp³-hybridized carbons (Fsp3) is 0.857. The van der Waals surface area contributed by atoms with Crippen LogP contribution in [0.3, 0.4) is 0 Å². The fourth-order valence-corrected chi connectivity index (χ4v) is 0.935. The van der Waals surface area contributed by atoms with Gasteiger partial charge in [0.25, 0.3) is 0 Å². The van der Waals surface area contributed by atoms with Gasteiger partial charge in [-0.2, -0.15) is 0 Å². The molecule has 0 radical (unpaired) electrons. The number of halogens is 1. The number of rotatable bonds is 4. The van der Waals surface area contributed by atoms with Crippen LogP contribution in [-0.2, 0) is 4.79 Å². The van der Waals surface area contributed by atoms with Crippen LogP contribution >= 0.6 is 22.6 Å². The van der Waals surface area contributed by atoms with Gasteiger partial charge in [-0.3, -0.25) is 4.79 Å². The third kappa shape index (κ3) is 4.88. The maximum absolute atomic E-state index is 10.6. The highest BCUT2D eigenvalue weighted by molar-refractivity contribution is 14.1. The summed E-state index contributed by atoms with van der Waals surface area (Å²) in [6.45, 7) is 4.13. The highest BCUT2D eigenvalue weighted by Crippen LogP contribution is 2.11. The van der Waals surface area contributed by atoms with Crippen LogP contribution in [0.25, 0.3) is 0 Å². The van der Waals surface area contributed by atoms with Gasteiger partial charge in [0.2, 0.25) is 0 Å². The van der Waals surface area contributed by atoms with Crippen molar-refractivity contribution in [1.29, 1.82) is 0 Å². The summed E-state index contributed by atoms with van der Waals surface area (Å²) in [5.41, 5.74) is 0. The molecule has 0 unspecified atom stereocenters. The van der Waals surface area contributed by atoms with Crippen LogP contribution in [0.2, 0.25) is 0 Å². The second-order valence-corrected chi connectivity index (χ2v) is 3.41. The Hall–Kier alpha value is 0.400. The largest absolute Gasteiger partial charge is 0.288 e. The Morgan fingerprint density at radius 2 is 2.22 bits per heavy atom. The van der Waals surface area contributed by atoms with E-state index in [-0.39, 0.29) is 5.92 Å². The standard InChI is InChI=1S/C7H13IO/c1-3-4-5-6(2)7(8)9/h6H,3-5H2,1-2H3/t6-/m0/s1. The Morgan fingerprint density at radius 3 is 2.56 bits per heavy atom. The van der Waals surface area contributed by atoms with Crippen molar-refractivity contribution in [2.45, 2.75) is 33.1 Å². The van der Waals surface area contributed by atoms with E-state index in [0.717, 1.165) is 6.42 Å². The maximum Gasteiger partial charge on any atom is 0.195 e. The molecule has 9 heavy (non-hydrogen) atoms. The molecule has 0 aliphatic heterocycles. The van der Waals surface area contributed by atoms with E-state index in [4.69, 9.17) is 0 Å². The van der Waals surface area contributed by atoms with Gasteiger partial charge >= 0.3 is 0 Å². The van der Waals surface area contributed by atoms with E-state index in [2.05, 4.69) is 6.92 Å². The van der Waals surface area contributed by atoms with Gasteiger partial charge in [0, 0.05) is 5.92 Å². The third-order valence-electron chi connectivity index (χ3n) is 1.38. The average molecular weight is 240 g/mol. The van der Waals surface area contributed by atoms with Gasteiger partial charge in [0.05, 0.1) is 0 Å². The summed E-state index contributed by atoms with van der Waals surface area (Å²) in [6.07, 6.45) is 3.42. The summed E-state index contributed by atoms with van der Waals surface area (Å²) < 4.78 is 0.293. The van der Waals surface area contributed by atoms with Gasteiger partial charge in [-0.05, 0) is 29.0 Å². The van der Waals surface area contributed by atoms with E-state index in [0.29, 0.717) is 3.79 Å². The number of unbranched alkanes of at least 4 members (excludes halogenated alkanes) is 1. The minimum atomic E-state index is 0.269. The van der Waals surface area contributed by atoms with Gasteiger partial charge in [-0.15, -0.1) is 0 Å². The molecule has 2 heteroatoms. The number of carbonyl (C=O) groups excluding carboxylic acids is 1. The zero-order valence-electron chi connectivity index (χ0n) is 5.98. The van der Waals surface area contributed by atoms with Crippen molar-refractivity contribution in [1.82, 2.24) is 0 Å². The summed E-state index contributed by atoms with van der Waals surface area (Å²) in [4.78, 5) is 10.6. The minimum absolute atomic E-state index is 0.269. The Morgan fingerprint density at radius 1 is 1.67 bits per heavy atom. The molecule has 0 aliphatic rings. The molecule has 0 spiro atoms. The fourth-order valence-electron chi connectivity index (χ4n) is 0.624. The van der Waals surface area contributed by atoms with Crippen molar-refractivity contribution in [3.8, 4) is 0 Å². The number of hydrogen-bond acceptors (Lipinski definition) is 1. The molecule has 54 valence electrons. The molecule has 0 amide bonds. The first-order chi connectivity index (χ1) is 4.18. The first-order valence-electron chi connectivity index (χ1n) is 3.37. The summed E-state index contributed by atoms with van der Waals surface area (Å²) in [5, 5.41) is 0. The maximum atomic E-state index is 10.6. The first kappa shape index (κ1) is 9.40. The van der Waals surface area contributed by atoms with E-state index in [1.54, 1.807) is 0 Å². The molecule has 0 aliphatic carbocycles. The topological polar surface area (TPSA) is 17.1 Å². The molecule has 0 aromatic heterocycles. The van der Waals surface area contributed by atoms with E-state index < -0.39 is 0 Å². The molecule has 1 atom stereocenters. The van der Waals surface area contributed by atoms with Gasteiger partial charge < -0.3 is 0 Å². The van der Waals surface area contributed by atoms with Crippen LogP contribution in [0, 0.1) is 5.92 Å². The van der Waals surface area contributed by atoms with Gasteiger partial charge in [-0.25, -0.2) is 0 Å². The van der Waals surface area contributed by atoms with Crippen LogP contribution < -0.4 is 0 Å². The molecule has 0 bridgehead atoms. The predicted molar refractivity (Wildman–Crippen MR) is 47.7 cm³/mol. The second kappa shape index (κ2) is 5.21. The predicted octanol–water partition coefficient (Wildman–Crippen LogP) is 2.77. The Kier molecular flexibility index (Phi) is 5.44. The van der Waals surface area contributed by atoms with Crippen LogP contribution in [-0.4, -0.2) is 3.79 Å². The van der Waals surface area contributed by atoms with Gasteiger partial charge in [-0.1, -0.05) is 26.7 Å². The monoisotopic (exact) mass is 240 g/mol. The summed E-state index contributed by atoms with van der Waals surface area (Å²) >= 11 is 1.87. The number of hydrogen-bond donors (Lipinski definition) is 0. The molecular formula is C7H13IO. The molecule has 0 aromatic rings. The lowest BCUT2D eigenvalue weighted by atomic mass is 10.1. The Bertz CT molecular complexity index is 90.9. The highest BCUT2D eigenvalue weighted by atomic mass is 127. The zero-order valence-corrected chi connectivity index (χ0v) is 8.14. The van der Waals surface area contributed by atoms with E-state index in [1.807, 2.05) is 29.5 Å². The van der Waals surface area contributed by atoms with E-state index in [9.17, 15) is 4.79 Å². The Labute approximate surface area is 70.4 Å². The first-order valence-corrected chi connectivity index (χ1v) is 4.45. The molecule has 0 rings (SSSR count). The molecule has 0 heterocycles. The molecule has 0 aromatic carbocycles. The molecule has 0 saturated carbocycles. The van der Waals surface area contributed by atoms with Crippen molar-refractivity contribution < 1.29 is 4.79 Å². The average Bonchev–Trinajstić information content (AvgIpc) is 1.82. The van der Waals surface area contributed by atoms with Gasteiger partial charge in [0.15, 0.2) is 3.79 Å². The minimum Gasteiger partial charge on any atom is -0.288 e. The quantitative estimate of drug-likeness (QED) is 0.545. The summed E-state index contributed by atoms with van der Waals surface area (Å²) in [5.74, 6) is 0.269. The van der Waals surface area contributed by atoms with Crippen LogP contribution in [0.15, 0.2) is 0 Å². The third-order valence-corrected chi connectivity index (χ3v) is 2.44. The lowest BCUT2D eigenvalue weighted by Gasteiger charge is -2.02. The van der Waals surface area contributed by atoms with Crippen LogP contribution in [0.1, 0.15) is 33.1 Å². The van der Waals surface area contributed by atoms with Crippen molar-refractivity contribution in [2.24, 2.45) is 5.92 Å². The smallest absolute Gasteiger partial charge is 0.195 e. The summed E-state index contributed by atoms with van der Waals surface area (Å²) in [6, 6.07) is 0. The highest BCUT2D eigenvalue weighted by Gasteiger charge is 2.06.